The second-order valence-electron chi connectivity index (χ2n) is 3.97. The average molecular weight is 301 g/mol. The first-order valence-electron chi connectivity index (χ1n) is 5.57. The predicted molar refractivity (Wildman–Crippen MR) is 64.6 cm³/mol. The molecular formula is C13H7F4NO3. The van der Waals surface area contributed by atoms with Crippen LogP contribution in [0, 0.1) is 15.9 Å². The lowest BCUT2D eigenvalue weighted by molar-refractivity contribution is -0.385. The Morgan fingerprint density at radius 3 is 2.33 bits per heavy atom. The summed E-state index contributed by atoms with van der Waals surface area (Å²) >= 11 is 0. The van der Waals surface area contributed by atoms with E-state index < -0.39 is 39.7 Å². The summed E-state index contributed by atoms with van der Waals surface area (Å²) in [5.41, 5.74) is -1.84. The van der Waals surface area contributed by atoms with Crippen molar-refractivity contribution < 1.29 is 27.2 Å². The molecule has 0 aliphatic heterocycles. The molecule has 0 unspecified atom stereocenters. The number of nitrogens with zero attached hydrogens (tertiary/aromatic N) is 1. The molecule has 0 aliphatic carbocycles. The fourth-order valence-electron chi connectivity index (χ4n) is 1.63. The van der Waals surface area contributed by atoms with E-state index in [1.807, 2.05) is 0 Å². The van der Waals surface area contributed by atoms with Gasteiger partial charge in [0.2, 0.25) is 5.75 Å². The van der Waals surface area contributed by atoms with Crippen LogP contribution in [0.15, 0.2) is 42.5 Å². The monoisotopic (exact) mass is 301 g/mol. The van der Waals surface area contributed by atoms with Crippen molar-refractivity contribution in [3.8, 4) is 11.5 Å². The van der Waals surface area contributed by atoms with Gasteiger partial charge in [0.1, 0.15) is 11.6 Å². The molecule has 0 aromatic heterocycles. The summed E-state index contributed by atoms with van der Waals surface area (Å²) in [5, 5.41) is 10.8. The molecule has 0 radical (unpaired) electrons. The van der Waals surface area contributed by atoms with E-state index in [0.717, 1.165) is 30.3 Å². The number of benzene rings is 2. The number of hydrogen-bond donors (Lipinski definition) is 0. The summed E-state index contributed by atoms with van der Waals surface area (Å²) in [6.45, 7) is 0. The van der Waals surface area contributed by atoms with Crippen molar-refractivity contribution in [3.63, 3.8) is 0 Å². The molecule has 8 heteroatoms. The molecule has 21 heavy (non-hydrogen) atoms. The van der Waals surface area contributed by atoms with Crippen LogP contribution < -0.4 is 4.74 Å². The zero-order valence-electron chi connectivity index (χ0n) is 10.2. The van der Waals surface area contributed by atoms with Crippen LogP contribution in [0.2, 0.25) is 0 Å². The Morgan fingerprint density at radius 1 is 1.05 bits per heavy atom. The van der Waals surface area contributed by atoms with Gasteiger partial charge >= 0.3 is 11.9 Å². The summed E-state index contributed by atoms with van der Waals surface area (Å²) < 4.78 is 56.3. The van der Waals surface area contributed by atoms with Gasteiger partial charge in [0.25, 0.3) is 0 Å². The van der Waals surface area contributed by atoms with E-state index in [1.165, 1.54) is 6.07 Å². The van der Waals surface area contributed by atoms with Crippen molar-refractivity contribution in [1.82, 2.24) is 0 Å². The molecule has 0 saturated heterocycles. The van der Waals surface area contributed by atoms with E-state index in [1.54, 1.807) is 0 Å². The Morgan fingerprint density at radius 2 is 1.71 bits per heavy atom. The highest BCUT2D eigenvalue weighted by Crippen LogP contribution is 2.39. The number of alkyl halides is 3. The number of hydrogen-bond acceptors (Lipinski definition) is 3. The van der Waals surface area contributed by atoms with Crippen LogP contribution in [0.5, 0.6) is 11.5 Å². The molecule has 0 heterocycles. The van der Waals surface area contributed by atoms with Crippen molar-refractivity contribution in [1.29, 1.82) is 0 Å². The van der Waals surface area contributed by atoms with E-state index in [9.17, 15) is 27.7 Å². The molecule has 2 aromatic rings. The molecule has 2 aromatic carbocycles. The molecule has 0 spiro atoms. The summed E-state index contributed by atoms with van der Waals surface area (Å²) in [4.78, 5) is 9.85. The van der Waals surface area contributed by atoms with E-state index in [0.29, 0.717) is 6.07 Å². The Bertz CT molecular complexity index is 685. The van der Waals surface area contributed by atoms with Gasteiger partial charge < -0.3 is 4.74 Å². The summed E-state index contributed by atoms with van der Waals surface area (Å²) in [6, 6.07) is 6.60. The zero-order chi connectivity index (χ0) is 15.6. The number of nitro benzene ring substituents is 1. The molecule has 0 fully saturated rings. The van der Waals surface area contributed by atoms with E-state index in [-0.39, 0.29) is 0 Å². The van der Waals surface area contributed by atoms with E-state index >= 15 is 0 Å². The SMILES string of the molecule is O=[N+]([O-])c1cc(F)ccc1Oc1ccccc1C(F)(F)F. The summed E-state index contributed by atoms with van der Waals surface area (Å²) in [5.74, 6) is -1.96. The first kappa shape index (κ1) is 14.8. The van der Waals surface area contributed by atoms with Gasteiger partial charge in [-0.05, 0) is 24.3 Å². The molecule has 110 valence electrons. The van der Waals surface area contributed by atoms with Gasteiger partial charge in [0.05, 0.1) is 16.6 Å². The number of rotatable bonds is 3. The number of nitro groups is 1. The van der Waals surface area contributed by atoms with Crippen LogP contribution >= 0.6 is 0 Å². The maximum absolute atomic E-state index is 13.0. The van der Waals surface area contributed by atoms with Crippen LogP contribution in [0.3, 0.4) is 0 Å². The lowest BCUT2D eigenvalue weighted by Crippen LogP contribution is -2.07. The first-order valence-corrected chi connectivity index (χ1v) is 5.57. The summed E-state index contributed by atoms with van der Waals surface area (Å²) in [7, 11) is 0. The molecule has 2 rings (SSSR count). The largest absolute Gasteiger partial charge is 0.449 e. The Labute approximate surface area is 115 Å². The Balaban J connectivity index is 2.47. The van der Waals surface area contributed by atoms with Gasteiger partial charge in [-0.25, -0.2) is 4.39 Å². The molecule has 0 aliphatic rings. The van der Waals surface area contributed by atoms with Crippen molar-refractivity contribution in [3.05, 3.63) is 64.0 Å². The van der Waals surface area contributed by atoms with E-state index in [4.69, 9.17) is 4.74 Å². The minimum Gasteiger partial charge on any atom is -0.449 e. The summed E-state index contributed by atoms with van der Waals surface area (Å²) in [6.07, 6.45) is -4.68. The van der Waals surface area contributed by atoms with Crippen LogP contribution in [0.4, 0.5) is 23.2 Å². The van der Waals surface area contributed by atoms with Crippen molar-refractivity contribution in [2.75, 3.05) is 0 Å². The van der Waals surface area contributed by atoms with E-state index in [2.05, 4.69) is 0 Å². The van der Waals surface area contributed by atoms with Crippen LogP contribution in [-0.2, 0) is 6.18 Å². The van der Waals surface area contributed by atoms with Crippen LogP contribution in [0.25, 0.3) is 0 Å². The van der Waals surface area contributed by atoms with Gasteiger partial charge in [-0.1, -0.05) is 12.1 Å². The lowest BCUT2D eigenvalue weighted by atomic mass is 10.2. The second-order valence-corrected chi connectivity index (χ2v) is 3.97. The quantitative estimate of drug-likeness (QED) is 0.475. The van der Waals surface area contributed by atoms with Gasteiger partial charge in [-0.3, -0.25) is 10.1 Å². The van der Waals surface area contributed by atoms with Crippen molar-refractivity contribution >= 4 is 5.69 Å². The third-order valence-corrected chi connectivity index (χ3v) is 2.53. The van der Waals surface area contributed by atoms with Gasteiger partial charge in [-0.15, -0.1) is 0 Å². The number of para-hydroxylation sites is 1. The maximum Gasteiger partial charge on any atom is 0.419 e. The predicted octanol–water partition coefficient (Wildman–Crippen LogP) is 4.55. The smallest absolute Gasteiger partial charge is 0.419 e. The highest BCUT2D eigenvalue weighted by Gasteiger charge is 2.34. The molecule has 0 N–H and O–H groups in total. The average Bonchev–Trinajstić information content (AvgIpc) is 2.40. The molecule has 0 amide bonds. The van der Waals surface area contributed by atoms with Crippen molar-refractivity contribution in [2.45, 2.75) is 6.18 Å². The first-order chi connectivity index (χ1) is 9.79. The van der Waals surface area contributed by atoms with Crippen molar-refractivity contribution in [2.24, 2.45) is 0 Å². The minimum absolute atomic E-state index is 0.474. The standard InChI is InChI=1S/C13H7F4NO3/c14-8-5-6-12(10(7-8)18(19)20)21-11-4-2-1-3-9(11)13(15,16)17/h1-7H. The topological polar surface area (TPSA) is 52.4 Å². The Kier molecular flexibility index (Phi) is 3.79. The van der Waals surface area contributed by atoms with Gasteiger partial charge in [0, 0.05) is 0 Å². The minimum atomic E-state index is -4.68. The molecular weight excluding hydrogens is 294 g/mol. The molecule has 4 nitrogen and oxygen atoms in total. The van der Waals surface area contributed by atoms with Gasteiger partial charge in [0.15, 0.2) is 0 Å². The Hall–Kier alpha value is -2.64. The fraction of sp³-hybridized carbons (Fsp3) is 0.0769. The zero-order valence-corrected chi connectivity index (χ0v) is 10.2. The van der Waals surface area contributed by atoms with Gasteiger partial charge in [-0.2, -0.15) is 13.2 Å². The third-order valence-electron chi connectivity index (χ3n) is 2.53. The molecule has 0 bridgehead atoms. The molecule has 0 saturated carbocycles. The highest BCUT2D eigenvalue weighted by atomic mass is 19.4. The normalized spacial score (nSPS) is 11.2. The lowest BCUT2D eigenvalue weighted by Gasteiger charge is -2.13. The molecule has 0 atom stereocenters. The van der Waals surface area contributed by atoms with Crippen LogP contribution in [0.1, 0.15) is 5.56 Å². The van der Waals surface area contributed by atoms with Crippen LogP contribution in [-0.4, -0.2) is 4.92 Å². The number of ether oxygens (including phenoxy) is 1. The fourth-order valence-corrected chi connectivity index (χ4v) is 1.63. The second kappa shape index (κ2) is 5.39. The number of halogens is 4. The maximum atomic E-state index is 13.0. The highest BCUT2D eigenvalue weighted by molar-refractivity contribution is 5.50. The third kappa shape index (κ3) is 3.28.